The number of para-hydroxylation sites is 1. The number of amides is 1. The van der Waals surface area contributed by atoms with Crippen LogP contribution >= 0.6 is 0 Å². The number of fused-ring (bicyclic) bond motifs is 2. The first-order valence-corrected chi connectivity index (χ1v) is 9.42. The van der Waals surface area contributed by atoms with Gasteiger partial charge in [0, 0.05) is 11.8 Å². The lowest BCUT2D eigenvalue weighted by molar-refractivity contribution is 0.0975. The van der Waals surface area contributed by atoms with Crippen molar-refractivity contribution in [2.45, 2.75) is 20.0 Å². The molecule has 146 valence electrons. The average Bonchev–Trinajstić information content (AvgIpc) is 3.19. The normalized spacial score (nSPS) is 17.1. The Balaban J connectivity index is 1.67. The van der Waals surface area contributed by atoms with Gasteiger partial charge in [0.15, 0.2) is 11.5 Å². The molecular formula is C23H20N2O4. The van der Waals surface area contributed by atoms with Gasteiger partial charge in [-0.05, 0) is 66.9 Å². The fraction of sp³-hybridized carbons (Fsp3) is 0.174. The lowest BCUT2D eigenvalue weighted by Gasteiger charge is -2.38. The number of rotatable bonds is 2. The molecule has 0 saturated carbocycles. The highest BCUT2D eigenvalue weighted by atomic mass is 16.7. The van der Waals surface area contributed by atoms with Crippen molar-refractivity contribution in [3.63, 3.8) is 0 Å². The molecule has 3 aromatic rings. The second-order valence-electron chi connectivity index (χ2n) is 7.31. The maximum absolute atomic E-state index is 13.5. The van der Waals surface area contributed by atoms with Crippen molar-refractivity contribution in [1.82, 2.24) is 0 Å². The Morgan fingerprint density at radius 1 is 1.00 bits per heavy atom. The minimum absolute atomic E-state index is 0.105. The number of hydrogen-bond donors (Lipinski definition) is 2. The van der Waals surface area contributed by atoms with Crippen LogP contribution in [-0.2, 0) is 0 Å². The number of benzene rings is 3. The molecule has 0 aliphatic carbocycles. The standard InChI is InChI=1S/C23H20N2O4/c1-13-9-15(10-14(2)21(13)26)22-24-18-6-4-3-5-17(18)23(27)25(22)16-7-8-19-20(11-16)29-12-28-19/h3-11,22,24,26H,12H2,1-2H3/t22-/m1/s1. The Morgan fingerprint density at radius 3 is 2.52 bits per heavy atom. The molecule has 5 rings (SSSR count). The fourth-order valence-corrected chi connectivity index (χ4v) is 3.94. The average molecular weight is 388 g/mol. The van der Waals surface area contributed by atoms with E-state index in [1.807, 2.05) is 68.4 Å². The van der Waals surface area contributed by atoms with Gasteiger partial charge in [0.25, 0.3) is 5.91 Å². The molecule has 1 atom stereocenters. The predicted octanol–water partition coefficient (Wildman–Crippen LogP) is 4.51. The molecule has 1 amide bonds. The van der Waals surface area contributed by atoms with E-state index in [0.29, 0.717) is 22.7 Å². The monoisotopic (exact) mass is 388 g/mol. The number of phenolic OH excluding ortho intramolecular Hbond substituents is 1. The predicted molar refractivity (Wildman–Crippen MR) is 110 cm³/mol. The van der Waals surface area contributed by atoms with Crippen molar-refractivity contribution in [3.8, 4) is 17.2 Å². The number of nitrogens with zero attached hydrogens (tertiary/aromatic N) is 1. The van der Waals surface area contributed by atoms with E-state index in [1.54, 1.807) is 4.90 Å². The molecule has 0 radical (unpaired) electrons. The molecule has 0 bridgehead atoms. The molecule has 0 saturated heterocycles. The Bertz CT molecular complexity index is 1120. The molecule has 2 N–H and O–H groups in total. The molecular weight excluding hydrogens is 368 g/mol. The van der Waals surface area contributed by atoms with Crippen LogP contribution in [0.2, 0.25) is 0 Å². The van der Waals surface area contributed by atoms with Gasteiger partial charge in [0.1, 0.15) is 11.9 Å². The van der Waals surface area contributed by atoms with Crippen LogP contribution in [-0.4, -0.2) is 17.8 Å². The highest BCUT2D eigenvalue weighted by Gasteiger charge is 2.35. The molecule has 0 spiro atoms. The molecule has 0 fully saturated rings. The van der Waals surface area contributed by atoms with E-state index in [9.17, 15) is 9.90 Å². The minimum Gasteiger partial charge on any atom is -0.507 e. The molecule has 6 heteroatoms. The summed E-state index contributed by atoms with van der Waals surface area (Å²) in [4.78, 5) is 15.2. The van der Waals surface area contributed by atoms with Crippen LogP contribution in [0.5, 0.6) is 17.2 Å². The maximum atomic E-state index is 13.5. The van der Waals surface area contributed by atoms with Crippen LogP contribution in [0.3, 0.4) is 0 Å². The van der Waals surface area contributed by atoms with Gasteiger partial charge in [0.2, 0.25) is 6.79 Å². The number of aromatic hydroxyl groups is 1. The summed E-state index contributed by atoms with van der Waals surface area (Å²) >= 11 is 0. The van der Waals surface area contributed by atoms with Crippen molar-refractivity contribution in [1.29, 1.82) is 0 Å². The number of anilines is 2. The SMILES string of the molecule is Cc1cc([C@@H]2Nc3ccccc3C(=O)N2c2ccc3c(c2)OCO3)cc(C)c1O. The van der Waals surface area contributed by atoms with E-state index >= 15 is 0 Å². The number of hydrogen-bond acceptors (Lipinski definition) is 5. The highest BCUT2D eigenvalue weighted by Crippen LogP contribution is 2.42. The third-order valence-corrected chi connectivity index (χ3v) is 5.39. The molecule has 2 heterocycles. The highest BCUT2D eigenvalue weighted by molar-refractivity contribution is 6.12. The van der Waals surface area contributed by atoms with Crippen LogP contribution in [0.25, 0.3) is 0 Å². The molecule has 2 aliphatic rings. The van der Waals surface area contributed by atoms with Gasteiger partial charge in [-0.2, -0.15) is 0 Å². The van der Waals surface area contributed by atoms with Crippen LogP contribution < -0.4 is 19.7 Å². The first kappa shape index (κ1) is 17.4. The van der Waals surface area contributed by atoms with Crippen LogP contribution in [0.1, 0.15) is 33.2 Å². The zero-order chi connectivity index (χ0) is 20.1. The van der Waals surface area contributed by atoms with Crippen molar-refractivity contribution in [3.05, 3.63) is 76.9 Å². The minimum atomic E-state index is -0.434. The zero-order valence-electron chi connectivity index (χ0n) is 16.1. The fourth-order valence-electron chi connectivity index (χ4n) is 3.94. The van der Waals surface area contributed by atoms with Gasteiger partial charge in [0.05, 0.1) is 11.3 Å². The summed E-state index contributed by atoms with van der Waals surface area (Å²) in [5.74, 6) is 1.45. The Hall–Kier alpha value is -3.67. The second kappa shape index (κ2) is 6.44. The topological polar surface area (TPSA) is 71.0 Å². The first-order chi connectivity index (χ1) is 14.0. The smallest absolute Gasteiger partial charge is 0.262 e. The van der Waals surface area contributed by atoms with Crippen LogP contribution in [0.4, 0.5) is 11.4 Å². The van der Waals surface area contributed by atoms with E-state index < -0.39 is 6.17 Å². The Morgan fingerprint density at radius 2 is 1.72 bits per heavy atom. The summed E-state index contributed by atoms with van der Waals surface area (Å²) in [5.41, 5.74) is 4.50. The van der Waals surface area contributed by atoms with Crippen molar-refractivity contribution >= 4 is 17.3 Å². The van der Waals surface area contributed by atoms with E-state index in [4.69, 9.17) is 9.47 Å². The van der Waals surface area contributed by atoms with E-state index in [2.05, 4.69) is 5.32 Å². The van der Waals surface area contributed by atoms with Gasteiger partial charge >= 0.3 is 0 Å². The van der Waals surface area contributed by atoms with E-state index in [-0.39, 0.29) is 18.4 Å². The van der Waals surface area contributed by atoms with Gasteiger partial charge in [-0.3, -0.25) is 9.69 Å². The first-order valence-electron chi connectivity index (χ1n) is 9.42. The van der Waals surface area contributed by atoms with Gasteiger partial charge in [-0.25, -0.2) is 0 Å². The third kappa shape index (κ3) is 2.76. The lowest BCUT2D eigenvalue weighted by Crippen LogP contribution is -2.43. The van der Waals surface area contributed by atoms with Crippen molar-refractivity contribution in [2.75, 3.05) is 17.0 Å². The van der Waals surface area contributed by atoms with Gasteiger partial charge < -0.3 is 19.9 Å². The Labute approximate surface area is 168 Å². The largest absolute Gasteiger partial charge is 0.507 e. The summed E-state index contributed by atoms with van der Waals surface area (Å²) in [5, 5.41) is 13.7. The number of phenols is 1. The lowest BCUT2D eigenvalue weighted by atomic mass is 9.99. The zero-order valence-corrected chi connectivity index (χ0v) is 16.1. The molecule has 0 unspecified atom stereocenters. The quantitative estimate of drug-likeness (QED) is 0.676. The van der Waals surface area contributed by atoms with E-state index in [0.717, 1.165) is 22.4 Å². The number of carbonyl (C=O) groups excluding carboxylic acids is 1. The van der Waals surface area contributed by atoms with Crippen LogP contribution in [0, 0.1) is 13.8 Å². The summed E-state index contributed by atoms with van der Waals surface area (Å²) in [6.45, 7) is 3.89. The van der Waals surface area contributed by atoms with Gasteiger partial charge in [-0.1, -0.05) is 12.1 Å². The second-order valence-corrected chi connectivity index (χ2v) is 7.31. The van der Waals surface area contributed by atoms with Crippen molar-refractivity contribution in [2.24, 2.45) is 0 Å². The number of carbonyl (C=O) groups is 1. The molecule has 2 aliphatic heterocycles. The molecule has 29 heavy (non-hydrogen) atoms. The van der Waals surface area contributed by atoms with Gasteiger partial charge in [-0.15, -0.1) is 0 Å². The Kier molecular flexibility index (Phi) is 3.87. The molecule has 0 aromatic heterocycles. The molecule has 6 nitrogen and oxygen atoms in total. The summed E-state index contributed by atoms with van der Waals surface area (Å²) < 4.78 is 10.9. The number of aryl methyl sites for hydroxylation is 2. The summed E-state index contributed by atoms with van der Waals surface area (Å²) in [6, 6.07) is 16.8. The van der Waals surface area contributed by atoms with E-state index in [1.165, 1.54) is 0 Å². The summed E-state index contributed by atoms with van der Waals surface area (Å²) in [7, 11) is 0. The maximum Gasteiger partial charge on any atom is 0.262 e. The van der Waals surface area contributed by atoms with Crippen LogP contribution in [0.15, 0.2) is 54.6 Å². The van der Waals surface area contributed by atoms with Crippen molar-refractivity contribution < 1.29 is 19.4 Å². The number of nitrogens with one attached hydrogen (secondary N) is 1. The molecule has 3 aromatic carbocycles. The summed E-state index contributed by atoms with van der Waals surface area (Å²) in [6.07, 6.45) is -0.434. The third-order valence-electron chi connectivity index (χ3n) is 5.39. The number of ether oxygens (including phenoxy) is 2.